The van der Waals surface area contributed by atoms with Gasteiger partial charge in [0.1, 0.15) is 6.61 Å². The van der Waals surface area contributed by atoms with E-state index in [1.165, 1.54) is 12.8 Å². The summed E-state index contributed by atoms with van der Waals surface area (Å²) in [4.78, 5) is 24.7. The zero-order chi connectivity index (χ0) is 18.6. The molecule has 0 N–H and O–H groups in total. The van der Waals surface area contributed by atoms with Crippen molar-refractivity contribution in [2.75, 3.05) is 6.61 Å². The second-order valence-electron chi connectivity index (χ2n) is 6.16. The van der Waals surface area contributed by atoms with Gasteiger partial charge in [-0.15, -0.1) is 0 Å². The van der Waals surface area contributed by atoms with Gasteiger partial charge in [0.2, 0.25) is 0 Å². The van der Waals surface area contributed by atoms with Crippen molar-refractivity contribution in [3.8, 4) is 0 Å². The van der Waals surface area contributed by atoms with Crippen LogP contribution in [0.15, 0.2) is 54.6 Å². The number of hydrogen-bond donors (Lipinski definition) is 0. The summed E-state index contributed by atoms with van der Waals surface area (Å²) in [5.74, 6) is -1.00. The van der Waals surface area contributed by atoms with Gasteiger partial charge in [0.15, 0.2) is 0 Å². The van der Waals surface area contributed by atoms with Gasteiger partial charge in [-0.3, -0.25) is 0 Å². The first-order valence-electron chi connectivity index (χ1n) is 9.19. The highest BCUT2D eigenvalue weighted by Crippen LogP contribution is 2.14. The second kappa shape index (κ2) is 11.1. The number of carbonyl (C=O) groups excluding carboxylic acids is 2. The molecule has 0 spiro atoms. The number of rotatable bonds is 10. The number of ether oxygens (including phenoxy) is 2. The molecule has 2 rings (SSSR count). The van der Waals surface area contributed by atoms with E-state index in [0.29, 0.717) is 6.61 Å². The smallest absolute Gasteiger partial charge is 0.339 e. The van der Waals surface area contributed by atoms with Crippen LogP contribution in [0, 0.1) is 0 Å². The molecule has 0 aliphatic carbocycles. The molecule has 0 amide bonds. The Morgan fingerprint density at radius 1 is 0.731 bits per heavy atom. The molecule has 2 aromatic rings. The van der Waals surface area contributed by atoms with Gasteiger partial charge in [0.05, 0.1) is 17.7 Å². The van der Waals surface area contributed by atoms with Crippen molar-refractivity contribution in [3.05, 3.63) is 71.3 Å². The van der Waals surface area contributed by atoms with Crippen LogP contribution in [0.2, 0.25) is 0 Å². The molecule has 138 valence electrons. The molecule has 0 unspecified atom stereocenters. The Kier molecular flexibility index (Phi) is 8.40. The predicted octanol–water partition coefficient (Wildman–Crippen LogP) is 5.17. The van der Waals surface area contributed by atoms with E-state index in [9.17, 15) is 9.59 Å². The van der Waals surface area contributed by atoms with Gasteiger partial charge < -0.3 is 9.47 Å². The molecule has 0 aliphatic heterocycles. The van der Waals surface area contributed by atoms with E-state index < -0.39 is 11.9 Å². The summed E-state index contributed by atoms with van der Waals surface area (Å²) in [6.07, 6.45) is 5.41. The third kappa shape index (κ3) is 6.36. The Morgan fingerprint density at radius 3 is 1.96 bits per heavy atom. The maximum Gasteiger partial charge on any atom is 0.339 e. The van der Waals surface area contributed by atoms with Crippen molar-refractivity contribution in [1.29, 1.82) is 0 Å². The molecule has 26 heavy (non-hydrogen) atoms. The van der Waals surface area contributed by atoms with Crippen LogP contribution in [-0.4, -0.2) is 18.5 Å². The highest BCUT2D eigenvalue weighted by Gasteiger charge is 2.18. The first-order valence-corrected chi connectivity index (χ1v) is 9.19. The van der Waals surface area contributed by atoms with Crippen LogP contribution in [-0.2, 0) is 16.1 Å². The molecule has 0 atom stereocenters. The van der Waals surface area contributed by atoms with Crippen LogP contribution in [0.3, 0.4) is 0 Å². The molecule has 2 aromatic carbocycles. The van der Waals surface area contributed by atoms with E-state index in [2.05, 4.69) is 6.92 Å². The SMILES string of the molecule is CCCCCCCOC(=O)c1ccccc1C(=O)OCc1ccccc1. The van der Waals surface area contributed by atoms with Crippen LogP contribution in [0.1, 0.15) is 65.3 Å². The largest absolute Gasteiger partial charge is 0.462 e. The Morgan fingerprint density at radius 2 is 1.31 bits per heavy atom. The van der Waals surface area contributed by atoms with E-state index in [4.69, 9.17) is 9.47 Å². The van der Waals surface area contributed by atoms with Gasteiger partial charge in [-0.25, -0.2) is 9.59 Å². The Bertz CT molecular complexity index is 694. The van der Waals surface area contributed by atoms with Crippen LogP contribution in [0.4, 0.5) is 0 Å². The molecule has 0 saturated carbocycles. The minimum Gasteiger partial charge on any atom is -0.462 e. The number of unbranched alkanes of at least 4 members (excludes halogenated alkanes) is 4. The lowest BCUT2D eigenvalue weighted by Gasteiger charge is -2.10. The molecule has 0 fully saturated rings. The Balaban J connectivity index is 1.89. The number of carbonyl (C=O) groups is 2. The Hall–Kier alpha value is -2.62. The quantitative estimate of drug-likeness (QED) is 0.436. The normalized spacial score (nSPS) is 10.3. The van der Waals surface area contributed by atoms with Crippen LogP contribution >= 0.6 is 0 Å². The van der Waals surface area contributed by atoms with E-state index in [1.54, 1.807) is 24.3 Å². The summed E-state index contributed by atoms with van der Waals surface area (Å²) in [5, 5.41) is 0. The highest BCUT2D eigenvalue weighted by molar-refractivity contribution is 6.03. The van der Waals surface area contributed by atoms with Gasteiger partial charge in [-0.1, -0.05) is 75.1 Å². The lowest BCUT2D eigenvalue weighted by molar-refractivity contribution is 0.0436. The molecule has 0 heterocycles. The van der Waals surface area contributed by atoms with Gasteiger partial charge in [-0.05, 0) is 24.1 Å². The summed E-state index contributed by atoms with van der Waals surface area (Å²) >= 11 is 0. The van der Waals surface area contributed by atoms with E-state index >= 15 is 0 Å². The maximum absolute atomic E-state index is 12.4. The molecule has 4 heteroatoms. The summed E-state index contributed by atoms with van der Waals surface area (Å²) in [6.45, 7) is 2.70. The summed E-state index contributed by atoms with van der Waals surface area (Å²) in [7, 11) is 0. The van der Waals surface area contributed by atoms with E-state index in [1.807, 2.05) is 30.3 Å². The Labute approximate surface area is 155 Å². The molecule has 0 radical (unpaired) electrons. The minimum absolute atomic E-state index is 0.167. The molecular formula is C22H26O4. The average Bonchev–Trinajstić information content (AvgIpc) is 2.69. The van der Waals surface area contributed by atoms with E-state index in [-0.39, 0.29) is 17.7 Å². The maximum atomic E-state index is 12.4. The first kappa shape index (κ1) is 19.7. The molecule has 0 aromatic heterocycles. The number of benzene rings is 2. The molecule has 0 saturated heterocycles. The van der Waals surface area contributed by atoms with E-state index in [0.717, 1.165) is 24.8 Å². The van der Waals surface area contributed by atoms with Crippen LogP contribution in [0.5, 0.6) is 0 Å². The zero-order valence-corrected chi connectivity index (χ0v) is 15.3. The second-order valence-corrected chi connectivity index (χ2v) is 6.16. The third-order valence-corrected chi connectivity index (χ3v) is 4.06. The monoisotopic (exact) mass is 354 g/mol. The third-order valence-electron chi connectivity index (χ3n) is 4.06. The fourth-order valence-electron chi connectivity index (χ4n) is 2.59. The van der Waals surface area contributed by atoms with Crippen molar-refractivity contribution >= 4 is 11.9 Å². The number of esters is 2. The summed E-state index contributed by atoms with van der Waals surface area (Å²) in [5.41, 5.74) is 1.38. The fourth-order valence-corrected chi connectivity index (χ4v) is 2.59. The van der Waals surface area contributed by atoms with Crippen molar-refractivity contribution in [2.24, 2.45) is 0 Å². The van der Waals surface area contributed by atoms with Crippen molar-refractivity contribution in [1.82, 2.24) is 0 Å². The molecule has 0 bridgehead atoms. The predicted molar refractivity (Wildman–Crippen MR) is 101 cm³/mol. The highest BCUT2D eigenvalue weighted by atomic mass is 16.5. The average molecular weight is 354 g/mol. The molecule has 4 nitrogen and oxygen atoms in total. The first-order chi connectivity index (χ1) is 12.7. The van der Waals surface area contributed by atoms with Gasteiger partial charge >= 0.3 is 11.9 Å². The van der Waals surface area contributed by atoms with Crippen LogP contribution < -0.4 is 0 Å². The lowest BCUT2D eigenvalue weighted by atomic mass is 10.1. The van der Waals surface area contributed by atoms with Crippen molar-refractivity contribution < 1.29 is 19.1 Å². The summed E-state index contributed by atoms with van der Waals surface area (Å²) in [6, 6.07) is 16.0. The van der Waals surface area contributed by atoms with Crippen molar-refractivity contribution in [2.45, 2.75) is 45.6 Å². The molecular weight excluding hydrogens is 328 g/mol. The zero-order valence-electron chi connectivity index (χ0n) is 15.3. The van der Waals surface area contributed by atoms with Gasteiger partial charge in [0, 0.05) is 0 Å². The summed E-state index contributed by atoms with van der Waals surface area (Å²) < 4.78 is 10.6. The van der Waals surface area contributed by atoms with Gasteiger partial charge in [0.25, 0.3) is 0 Å². The topological polar surface area (TPSA) is 52.6 Å². The standard InChI is InChI=1S/C22H26O4/c1-2-3-4-5-11-16-25-21(23)19-14-9-10-15-20(19)22(24)26-17-18-12-7-6-8-13-18/h6-10,12-15H,2-5,11,16-17H2,1H3. The lowest BCUT2D eigenvalue weighted by Crippen LogP contribution is -2.14. The fraction of sp³-hybridized carbons (Fsp3) is 0.364. The van der Waals surface area contributed by atoms with Gasteiger partial charge in [-0.2, -0.15) is 0 Å². The molecule has 0 aliphatic rings. The minimum atomic E-state index is -0.524. The number of hydrogen-bond acceptors (Lipinski definition) is 4. The van der Waals surface area contributed by atoms with Crippen LogP contribution in [0.25, 0.3) is 0 Å². The van der Waals surface area contributed by atoms with Crippen molar-refractivity contribution in [3.63, 3.8) is 0 Å².